The first-order valence-electron chi connectivity index (χ1n) is 8.11. The van der Waals surface area contributed by atoms with Crippen molar-refractivity contribution in [2.24, 2.45) is 22.9 Å². The van der Waals surface area contributed by atoms with E-state index in [2.05, 4.69) is 23.8 Å². The first-order valence-corrected chi connectivity index (χ1v) is 9.59. The molecule has 2 fully saturated rings. The van der Waals surface area contributed by atoms with Crippen LogP contribution < -0.4 is 4.83 Å². The van der Waals surface area contributed by atoms with Crippen molar-refractivity contribution in [3.8, 4) is 0 Å². The molecule has 2 aliphatic carbocycles. The van der Waals surface area contributed by atoms with Crippen molar-refractivity contribution in [3.63, 3.8) is 0 Å². The van der Waals surface area contributed by atoms with Crippen LogP contribution in [0.25, 0.3) is 0 Å². The van der Waals surface area contributed by atoms with Crippen LogP contribution in [0.15, 0.2) is 34.3 Å². The van der Waals surface area contributed by atoms with Crippen LogP contribution >= 0.6 is 0 Å². The van der Waals surface area contributed by atoms with Crippen molar-refractivity contribution in [3.05, 3.63) is 29.8 Å². The lowest BCUT2D eigenvalue weighted by Gasteiger charge is -2.12. The highest BCUT2D eigenvalue weighted by molar-refractivity contribution is 7.89. The Kier molecular flexibility index (Phi) is 4.26. The fraction of sp³-hybridized carbons (Fsp3) is 0.588. The zero-order chi connectivity index (χ0) is 15.7. The molecule has 2 atom stereocenters. The summed E-state index contributed by atoms with van der Waals surface area (Å²) in [4.78, 5) is 2.71. The molecule has 2 saturated carbocycles. The average molecular weight is 320 g/mol. The van der Waals surface area contributed by atoms with Crippen molar-refractivity contribution < 1.29 is 8.42 Å². The molecule has 1 N–H and O–H groups in total. The second kappa shape index (κ2) is 6.03. The van der Waals surface area contributed by atoms with Gasteiger partial charge in [-0.25, -0.2) is 4.83 Å². The zero-order valence-corrected chi connectivity index (χ0v) is 14.1. The van der Waals surface area contributed by atoms with Gasteiger partial charge in [0.1, 0.15) is 0 Å². The summed E-state index contributed by atoms with van der Waals surface area (Å²) in [6.45, 7) is 4.30. The van der Waals surface area contributed by atoms with Gasteiger partial charge in [-0.2, -0.15) is 13.5 Å². The fourth-order valence-electron chi connectivity index (χ4n) is 3.61. The minimum absolute atomic E-state index is 0.285. The Morgan fingerprint density at radius 3 is 2.50 bits per heavy atom. The third kappa shape index (κ3) is 3.35. The molecule has 0 amide bonds. The molecule has 2 bridgehead atoms. The van der Waals surface area contributed by atoms with E-state index in [1.165, 1.54) is 12.8 Å². The van der Waals surface area contributed by atoms with Gasteiger partial charge in [0, 0.05) is 5.71 Å². The van der Waals surface area contributed by atoms with Crippen molar-refractivity contribution in [1.29, 1.82) is 0 Å². The van der Waals surface area contributed by atoms with Crippen LogP contribution in [0.5, 0.6) is 0 Å². The number of hydrogen-bond donors (Lipinski definition) is 1. The molecule has 0 spiro atoms. The summed E-state index contributed by atoms with van der Waals surface area (Å²) in [6, 6.07) is 7.11. The first-order chi connectivity index (χ1) is 10.4. The van der Waals surface area contributed by atoms with E-state index < -0.39 is 10.0 Å². The molecular weight excluding hydrogens is 296 g/mol. The number of hydrogen-bond acceptors (Lipinski definition) is 3. The second-order valence-corrected chi connectivity index (χ2v) is 8.68. The van der Waals surface area contributed by atoms with E-state index in [-0.39, 0.29) is 4.90 Å². The van der Waals surface area contributed by atoms with E-state index in [0.29, 0.717) is 11.8 Å². The van der Waals surface area contributed by atoms with Crippen LogP contribution in [0.3, 0.4) is 0 Å². The van der Waals surface area contributed by atoms with Gasteiger partial charge in [0.15, 0.2) is 0 Å². The van der Waals surface area contributed by atoms with Gasteiger partial charge in [-0.05, 0) is 67.6 Å². The van der Waals surface area contributed by atoms with E-state index in [4.69, 9.17) is 0 Å². The largest absolute Gasteiger partial charge is 0.276 e. The molecule has 3 rings (SSSR count). The quantitative estimate of drug-likeness (QED) is 0.846. The smallest absolute Gasteiger partial charge is 0.200 e. The molecule has 0 aromatic heterocycles. The Bertz CT molecular complexity index is 662. The summed E-state index contributed by atoms with van der Waals surface area (Å²) in [7, 11) is -3.55. The van der Waals surface area contributed by atoms with Crippen LogP contribution in [0.2, 0.25) is 0 Å². The van der Waals surface area contributed by atoms with Gasteiger partial charge < -0.3 is 0 Å². The van der Waals surface area contributed by atoms with Gasteiger partial charge in [-0.15, -0.1) is 0 Å². The highest BCUT2D eigenvalue weighted by atomic mass is 32.2. The number of sulfonamides is 1. The van der Waals surface area contributed by atoms with Crippen molar-refractivity contribution in [2.45, 2.75) is 50.8 Å². The zero-order valence-electron chi connectivity index (χ0n) is 13.2. The Morgan fingerprint density at radius 2 is 1.95 bits per heavy atom. The van der Waals surface area contributed by atoms with Crippen LogP contribution in [0.1, 0.15) is 45.1 Å². The molecule has 2 aliphatic rings. The van der Waals surface area contributed by atoms with E-state index in [9.17, 15) is 8.42 Å². The minimum Gasteiger partial charge on any atom is -0.200 e. The molecule has 5 heteroatoms. The molecule has 2 unspecified atom stereocenters. The minimum atomic E-state index is -3.55. The van der Waals surface area contributed by atoms with E-state index in [1.54, 1.807) is 12.1 Å². The van der Waals surface area contributed by atoms with Crippen molar-refractivity contribution >= 4 is 15.7 Å². The summed E-state index contributed by atoms with van der Waals surface area (Å²) >= 11 is 0. The van der Waals surface area contributed by atoms with Gasteiger partial charge in [0.25, 0.3) is 10.0 Å². The summed E-state index contributed by atoms with van der Waals surface area (Å²) < 4.78 is 24.6. The molecule has 0 heterocycles. The molecule has 0 radical (unpaired) electrons. The van der Waals surface area contributed by atoms with Gasteiger partial charge in [0.05, 0.1) is 4.90 Å². The maximum absolute atomic E-state index is 12.3. The number of nitrogens with one attached hydrogen (secondary N) is 1. The Labute approximate surface area is 133 Å². The summed E-state index contributed by atoms with van der Waals surface area (Å²) in [5.74, 6) is 1.79. The number of hydrazone groups is 1. The standard InChI is InChI=1S/C17H24N2O2S/c1-12(2)9-13-4-7-16(8-5-13)22(20,21)19-18-17-11-14-3-6-15(17)10-14/h4-5,7-8,12,14-15,19H,3,6,9-11H2,1-2H3/b18-17-. The highest BCUT2D eigenvalue weighted by Gasteiger charge is 2.36. The monoisotopic (exact) mass is 320 g/mol. The lowest BCUT2D eigenvalue weighted by atomic mass is 9.99. The Hall–Kier alpha value is -1.36. The van der Waals surface area contributed by atoms with E-state index >= 15 is 0 Å². The number of benzene rings is 1. The predicted octanol–water partition coefficient (Wildman–Crippen LogP) is 3.34. The molecule has 1 aromatic carbocycles. The summed E-state index contributed by atoms with van der Waals surface area (Å²) in [6.07, 6.45) is 5.53. The molecular formula is C17H24N2O2S. The van der Waals surface area contributed by atoms with Gasteiger partial charge in [0.2, 0.25) is 0 Å². The Balaban J connectivity index is 1.69. The third-order valence-corrected chi connectivity index (χ3v) is 5.92. The van der Waals surface area contributed by atoms with Gasteiger partial charge >= 0.3 is 0 Å². The maximum Gasteiger partial charge on any atom is 0.276 e. The summed E-state index contributed by atoms with van der Waals surface area (Å²) in [5.41, 5.74) is 2.20. The predicted molar refractivity (Wildman–Crippen MR) is 88.2 cm³/mol. The fourth-order valence-corrected chi connectivity index (χ4v) is 4.45. The van der Waals surface area contributed by atoms with Gasteiger partial charge in [-0.1, -0.05) is 26.0 Å². The average Bonchev–Trinajstić information content (AvgIpc) is 3.08. The third-order valence-electron chi connectivity index (χ3n) is 4.70. The molecule has 22 heavy (non-hydrogen) atoms. The number of rotatable bonds is 5. The molecule has 0 saturated heterocycles. The molecule has 4 nitrogen and oxygen atoms in total. The Morgan fingerprint density at radius 1 is 1.23 bits per heavy atom. The topological polar surface area (TPSA) is 58.5 Å². The lowest BCUT2D eigenvalue weighted by Crippen LogP contribution is -2.22. The second-order valence-electron chi connectivity index (χ2n) is 7.02. The van der Waals surface area contributed by atoms with Gasteiger partial charge in [-0.3, -0.25) is 0 Å². The number of nitrogens with zero attached hydrogens (tertiary/aromatic N) is 1. The van der Waals surface area contributed by atoms with Crippen molar-refractivity contribution in [1.82, 2.24) is 4.83 Å². The van der Waals surface area contributed by atoms with E-state index in [0.717, 1.165) is 36.5 Å². The molecule has 120 valence electrons. The normalized spacial score (nSPS) is 26.0. The molecule has 0 aliphatic heterocycles. The van der Waals surface area contributed by atoms with Crippen LogP contribution in [-0.4, -0.2) is 14.1 Å². The first kappa shape index (κ1) is 15.5. The van der Waals surface area contributed by atoms with Crippen molar-refractivity contribution in [2.75, 3.05) is 0 Å². The van der Waals surface area contributed by atoms with Crippen LogP contribution in [-0.2, 0) is 16.4 Å². The maximum atomic E-state index is 12.3. The van der Waals surface area contributed by atoms with Crippen LogP contribution in [0.4, 0.5) is 0 Å². The highest BCUT2D eigenvalue weighted by Crippen LogP contribution is 2.42. The SMILES string of the molecule is CC(C)Cc1ccc(S(=O)(=O)N/N=C2/CC3CCC2C3)cc1. The lowest BCUT2D eigenvalue weighted by molar-refractivity contribution is 0.579. The summed E-state index contributed by atoms with van der Waals surface area (Å²) in [5, 5.41) is 4.20. The number of fused-ring (bicyclic) bond motifs is 2. The molecule has 1 aromatic rings. The van der Waals surface area contributed by atoms with Crippen LogP contribution in [0, 0.1) is 17.8 Å². The van der Waals surface area contributed by atoms with E-state index in [1.807, 2.05) is 12.1 Å².